The van der Waals surface area contributed by atoms with E-state index in [-0.39, 0.29) is 48.9 Å². The maximum absolute atomic E-state index is 12.0. The summed E-state index contributed by atoms with van der Waals surface area (Å²) in [6.45, 7) is 5.55. The third-order valence-electron chi connectivity index (χ3n) is 4.76. The van der Waals surface area contributed by atoms with E-state index in [0.29, 0.717) is 24.1 Å². The summed E-state index contributed by atoms with van der Waals surface area (Å²) < 4.78 is 59.7. The molecule has 1 aliphatic rings. The maximum atomic E-state index is 12.0. The predicted octanol–water partition coefficient (Wildman–Crippen LogP) is 0.345. The predicted molar refractivity (Wildman–Crippen MR) is 94.4 cm³/mol. The molecule has 3 atom stereocenters. The van der Waals surface area contributed by atoms with Gasteiger partial charge < -0.3 is 9.22 Å². The lowest BCUT2D eigenvalue weighted by molar-refractivity contribution is -0.912. The minimum absolute atomic E-state index is 0.0621. The summed E-state index contributed by atoms with van der Waals surface area (Å²) in [6.07, 6.45) is 2.21. The molecule has 0 aliphatic carbocycles. The average molecular weight is 401 g/mol. The first-order valence-corrected chi connectivity index (χ1v) is 12.2. The van der Waals surface area contributed by atoms with Crippen molar-refractivity contribution < 1.29 is 35.4 Å². The molecule has 0 aromatic heterocycles. The van der Waals surface area contributed by atoms with Gasteiger partial charge in [-0.1, -0.05) is 6.92 Å². The van der Waals surface area contributed by atoms with E-state index in [1.165, 1.54) is 6.26 Å². The number of sulfone groups is 1. The van der Waals surface area contributed by atoms with Crippen molar-refractivity contribution in [1.82, 2.24) is 0 Å². The summed E-state index contributed by atoms with van der Waals surface area (Å²) in [4.78, 5) is 12.0. The number of hydrogen-bond donors (Lipinski definition) is 1. The van der Waals surface area contributed by atoms with E-state index in [0.717, 1.165) is 6.42 Å². The Kier molecular flexibility index (Phi) is 7.85. The van der Waals surface area contributed by atoms with Gasteiger partial charge in [0.15, 0.2) is 6.54 Å². The molecule has 3 unspecified atom stereocenters. The maximum Gasteiger partial charge on any atom is 0.361 e. The summed E-state index contributed by atoms with van der Waals surface area (Å²) in [5.74, 6) is -0.602. The number of nitrogens with zero attached hydrogens (tertiary/aromatic N) is 1. The smallest absolute Gasteiger partial charge is 0.361 e. The van der Waals surface area contributed by atoms with Crippen molar-refractivity contribution in [2.45, 2.75) is 26.7 Å². The Morgan fingerprint density at radius 3 is 2.24 bits per heavy atom. The fraction of sp³-hybridized carbons (Fsp3) is 0.933. The second-order valence-electron chi connectivity index (χ2n) is 7.05. The molecule has 0 radical (unpaired) electrons. The molecule has 10 heteroatoms. The van der Waals surface area contributed by atoms with Gasteiger partial charge in [-0.15, -0.1) is 0 Å². The van der Waals surface area contributed by atoms with Gasteiger partial charge in [0.05, 0.1) is 37.7 Å². The van der Waals surface area contributed by atoms with Crippen molar-refractivity contribution in [2.75, 3.05) is 50.5 Å². The highest BCUT2D eigenvalue weighted by Crippen LogP contribution is 2.33. The Morgan fingerprint density at radius 2 is 1.76 bits per heavy atom. The number of quaternary nitrogens is 1. The third kappa shape index (κ3) is 8.02. The highest BCUT2D eigenvalue weighted by molar-refractivity contribution is 7.90. The summed E-state index contributed by atoms with van der Waals surface area (Å²) in [7, 11) is -7.21. The normalized spacial score (nSPS) is 27.4. The van der Waals surface area contributed by atoms with Crippen LogP contribution in [0.1, 0.15) is 26.7 Å². The zero-order valence-corrected chi connectivity index (χ0v) is 16.8. The van der Waals surface area contributed by atoms with E-state index in [9.17, 15) is 21.6 Å². The first-order chi connectivity index (χ1) is 11.4. The van der Waals surface area contributed by atoms with Crippen LogP contribution in [-0.4, -0.2) is 82.4 Å². The van der Waals surface area contributed by atoms with Crippen LogP contribution >= 0.6 is 0 Å². The van der Waals surface area contributed by atoms with Gasteiger partial charge in [-0.3, -0.25) is 4.55 Å². The molecule has 0 bridgehead atoms. The molecule has 0 spiro atoms. The zero-order valence-electron chi connectivity index (χ0n) is 15.2. The molecular formula is C15H30NO7S2+. The molecule has 1 saturated heterocycles. The van der Waals surface area contributed by atoms with Crippen molar-refractivity contribution in [1.29, 1.82) is 0 Å². The number of rotatable bonds is 10. The Hall–Kier alpha value is -0.710. The second-order valence-corrected chi connectivity index (χ2v) is 10.8. The molecule has 1 rings (SSSR count). The average Bonchev–Trinajstić information content (AvgIpc) is 2.73. The van der Waals surface area contributed by atoms with Crippen LogP contribution in [0.3, 0.4) is 0 Å². The minimum atomic E-state index is -4.06. The largest absolute Gasteiger partial charge is 0.462 e. The molecule has 8 nitrogen and oxygen atoms in total. The molecule has 1 fully saturated rings. The summed E-state index contributed by atoms with van der Waals surface area (Å²) in [5.41, 5.74) is 0. The molecule has 0 amide bonds. The minimum Gasteiger partial charge on any atom is -0.462 e. The topological polar surface area (TPSA) is 115 Å². The van der Waals surface area contributed by atoms with Crippen LogP contribution in [0.4, 0.5) is 0 Å². The quantitative estimate of drug-likeness (QED) is 0.319. The van der Waals surface area contributed by atoms with Crippen LogP contribution in [0, 0.1) is 11.8 Å². The van der Waals surface area contributed by atoms with Crippen molar-refractivity contribution in [3.05, 3.63) is 0 Å². The van der Waals surface area contributed by atoms with Crippen LogP contribution in [0.5, 0.6) is 0 Å². The Bertz CT molecular complexity index is 659. The molecule has 1 aliphatic heterocycles. The fourth-order valence-corrected chi connectivity index (χ4v) is 5.51. The second kappa shape index (κ2) is 8.79. The molecule has 25 heavy (non-hydrogen) atoms. The standard InChI is InChI=1S/C15H29NO7S2/c1-4-13-9-16(11-15(17)23-5-2,7-6-8-25(20,21)22)10-14(13)12-24(3,18)19/h13-14H,4-12H2,1-3H3/p+1. The highest BCUT2D eigenvalue weighted by Gasteiger charge is 2.46. The SMILES string of the molecule is CCOC(=O)C[N+]1(CCCS(=O)(=O)O)CC(CC)C(CS(C)(=O)=O)C1. The molecule has 0 saturated carbocycles. The van der Waals surface area contributed by atoms with Gasteiger partial charge >= 0.3 is 5.97 Å². The monoisotopic (exact) mass is 400 g/mol. The summed E-state index contributed by atoms with van der Waals surface area (Å²) in [6, 6.07) is 0. The highest BCUT2D eigenvalue weighted by atomic mass is 32.2. The number of ether oxygens (including phenoxy) is 1. The van der Waals surface area contributed by atoms with Crippen LogP contribution in [0.2, 0.25) is 0 Å². The molecule has 148 valence electrons. The molecule has 1 N–H and O–H groups in total. The number of carbonyl (C=O) groups excluding carboxylic acids is 1. The van der Waals surface area contributed by atoms with E-state index in [1.807, 2.05) is 6.92 Å². The summed E-state index contributed by atoms with van der Waals surface area (Å²) in [5, 5.41) is 0. The first-order valence-electron chi connectivity index (χ1n) is 8.53. The Balaban J connectivity index is 2.95. The summed E-state index contributed by atoms with van der Waals surface area (Å²) >= 11 is 0. The van der Waals surface area contributed by atoms with Gasteiger partial charge in [0.25, 0.3) is 10.1 Å². The Labute approximate surface area is 150 Å². The third-order valence-corrected chi connectivity index (χ3v) is 6.59. The molecular weight excluding hydrogens is 370 g/mol. The van der Waals surface area contributed by atoms with E-state index in [4.69, 9.17) is 9.29 Å². The lowest BCUT2D eigenvalue weighted by atomic mass is 9.96. The van der Waals surface area contributed by atoms with Crippen LogP contribution in [0.25, 0.3) is 0 Å². The van der Waals surface area contributed by atoms with E-state index < -0.39 is 20.0 Å². The number of esters is 1. The number of likely N-dealkylation sites (tertiary alicyclic amines) is 1. The van der Waals surface area contributed by atoms with Gasteiger partial charge in [-0.05, 0) is 13.3 Å². The van der Waals surface area contributed by atoms with Gasteiger partial charge in [-0.25, -0.2) is 13.2 Å². The van der Waals surface area contributed by atoms with Crippen molar-refractivity contribution in [2.24, 2.45) is 11.8 Å². The van der Waals surface area contributed by atoms with Gasteiger partial charge in [0.2, 0.25) is 0 Å². The lowest BCUT2D eigenvalue weighted by Gasteiger charge is -2.34. The van der Waals surface area contributed by atoms with Crippen LogP contribution in [0.15, 0.2) is 0 Å². The number of carbonyl (C=O) groups is 1. The zero-order chi connectivity index (χ0) is 19.3. The van der Waals surface area contributed by atoms with Gasteiger partial charge in [0.1, 0.15) is 9.84 Å². The van der Waals surface area contributed by atoms with E-state index in [1.54, 1.807) is 6.92 Å². The van der Waals surface area contributed by atoms with Gasteiger partial charge in [-0.2, -0.15) is 8.42 Å². The van der Waals surface area contributed by atoms with E-state index >= 15 is 0 Å². The van der Waals surface area contributed by atoms with Gasteiger partial charge in [0, 0.05) is 24.5 Å². The molecule has 1 heterocycles. The Morgan fingerprint density at radius 1 is 1.16 bits per heavy atom. The van der Waals surface area contributed by atoms with E-state index in [2.05, 4.69) is 0 Å². The van der Waals surface area contributed by atoms with Crippen molar-refractivity contribution in [3.8, 4) is 0 Å². The molecule has 0 aromatic rings. The number of hydrogen-bond acceptors (Lipinski definition) is 6. The molecule has 0 aromatic carbocycles. The first kappa shape index (κ1) is 22.3. The van der Waals surface area contributed by atoms with Crippen molar-refractivity contribution in [3.63, 3.8) is 0 Å². The lowest BCUT2D eigenvalue weighted by Crippen LogP contribution is -2.51. The van der Waals surface area contributed by atoms with Crippen molar-refractivity contribution >= 4 is 25.9 Å². The van der Waals surface area contributed by atoms with Crippen LogP contribution in [-0.2, 0) is 29.5 Å². The fourth-order valence-electron chi connectivity index (χ4n) is 3.86. The van der Waals surface area contributed by atoms with Crippen LogP contribution < -0.4 is 0 Å².